The van der Waals surface area contributed by atoms with E-state index in [1.165, 1.54) is 0 Å². The highest BCUT2D eigenvalue weighted by Gasteiger charge is 2.48. The lowest BCUT2D eigenvalue weighted by Crippen LogP contribution is -2.39. The smallest absolute Gasteiger partial charge is 0.416 e. The number of carbonyl (C=O) groups excluding carboxylic acids is 1. The van der Waals surface area contributed by atoms with E-state index in [0.717, 1.165) is 49.3 Å². The van der Waals surface area contributed by atoms with Crippen LogP contribution in [0, 0.1) is 5.92 Å². The summed E-state index contributed by atoms with van der Waals surface area (Å²) in [5.41, 5.74) is 1.51. The quantitative estimate of drug-likeness (QED) is 0.673. The number of rotatable bonds is 5. The predicted octanol–water partition coefficient (Wildman–Crippen LogP) is 3.93. The minimum absolute atomic E-state index is 0.325. The SMILES string of the molecule is O=C1OC2(CCC(CNc3ccc(-c4ccccn4)cn3)CC2)CN1c1cccnn1. The van der Waals surface area contributed by atoms with Crippen LogP contribution in [0.1, 0.15) is 25.7 Å². The van der Waals surface area contributed by atoms with E-state index in [1.807, 2.05) is 36.5 Å². The van der Waals surface area contributed by atoms with Crippen LogP contribution in [-0.4, -0.2) is 44.9 Å². The summed E-state index contributed by atoms with van der Waals surface area (Å²) >= 11 is 0. The van der Waals surface area contributed by atoms with Gasteiger partial charge in [0, 0.05) is 30.7 Å². The van der Waals surface area contributed by atoms with Crippen LogP contribution in [-0.2, 0) is 4.74 Å². The summed E-state index contributed by atoms with van der Waals surface area (Å²) in [5, 5.41) is 11.4. The topological polar surface area (TPSA) is 93.1 Å². The van der Waals surface area contributed by atoms with Gasteiger partial charge in [0.1, 0.15) is 11.4 Å². The van der Waals surface area contributed by atoms with Crippen LogP contribution >= 0.6 is 0 Å². The van der Waals surface area contributed by atoms with Crippen LogP contribution in [0.5, 0.6) is 0 Å². The predicted molar refractivity (Wildman–Crippen MR) is 117 cm³/mol. The average molecular weight is 416 g/mol. The molecule has 3 aromatic rings. The Morgan fingerprint density at radius 1 is 1.06 bits per heavy atom. The van der Waals surface area contributed by atoms with E-state index in [1.54, 1.807) is 29.4 Å². The van der Waals surface area contributed by atoms with Crippen LogP contribution < -0.4 is 10.2 Å². The Labute approximate surface area is 180 Å². The number of hydrogen-bond acceptors (Lipinski definition) is 7. The second kappa shape index (κ2) is 8.29. The summed E-state index contributed by atoms with van der Waals surface area (Å²) in [6, 6.07) is 13.4. The van der Waals surface area contributed by atoms with Crippen LogP contribution in [0.15, 0.2) is 61.1 Å². The van der Waals surface area contributed by atoms with Crippen molar-refractivity contribution in [3.8, 4) is 11.3 Å². The highest BCUT2D eigenvalue weighted by Crippen LogP contribution is 2.40. The van der Waals surface area contributed by atoms with Crippen molar-refractivity contribution < 1.29 is 9.53 Å². The Bertz CT molecular complexity index is 1020. The minimum Gasteiger partial charge on any atom is -0.441 e. The van der Waals surface area contributed by atoms with Crippen molar-refractivity contribution >= 4 is 17.7 Å². The molecule has 1 saturated carbocycles. The molecule has 1 aliphatic heterocycles. The van der Waals surface area contributed by atoms with E-state index in [9.17, 15) is 4.79 Å². The summed E-state index contributed by atoms with van der Waals surface area (Å²) in [7, 11) is 0. The van der Waals surface area contributed by atoms with E-state index >= 15 is 0 Å². The molecule has 0 radical (unpaired) electrons. The van der Waals surface area contributed by atoms with E-state index in [4.69, 9.17) is 4.74 Å². The van der Waals surface area contributed by atoms with Crippen molar-refractivity contribution in [1.29, 1.82) is 0 Å². The summed E-state index contributed by atoms with van der Waals surface area (Å²) in [5.74, 6) is 1.93. The van der Waals surface area contributed by atoms with Gasteiger partial charge in [-0.3, -0.25) is 9.88 Å². The van der Waals surface area contributed by atoms with Gasteiger partial charge in [0.15, 0.2) is 5.82 Å². The largest absolute Gasteiger partial charge is 0.441 e. The van der Waals surface area contributed by atoms with E-state index in [-0.39, 0.29) is 6.09 Å². The molecule has 2 aliphatic rings. The lowest BCUT2D eigenvalue weighted by molar-refractivity contribution is 0.0148. The monoisotopic (exact) mass is 416 g/mol. The number of ether oxygens (including phenoxy) is 1. The van der Waals surface area contributed by atoms with Crippen molar-refractivity contribution in [3.05, 3.63) is 61.1 Å². The molecule has 0 aromatic carbocycles. The molecule has 8 heteroatoms. The maximum absolute atomic E-state index is 12.4. The lowest BCUT2D eigenvalue weighted by Gasteiger charge is -2.35. The highest BCUT2D eigenvalue weighted by molar-refractivity contribution is 5.89. The van der Waals surface area contributed by atoms with Crippen molar-refractivity contribution in [2.45, 2.75) is 31.3 Å². The van der Waals surface area contributed by atoms with Gasteiger partial charge in [0.05, 0.1) is 12.2 Å². The summed E-state index contributed by atoms with van der Waals surface area (Å²) in [6.45, 7) is 1.40. The van der Waals surface area contributed by atoms with Crippen molar-refractivity contribution in [1.82, 2.24) is 20.2 Å². The van der Waals surface area contributed by atoms with E-state index in [0.29, 0.717) is 18.3 Å². The average Bonchev–Trinajstić information content (AvgIpc) is 3.16. The first kappa shape index (κ1) is 19.4. The van der Waals surface area contributed by atoms with Gasteiger partial charge in [0.2, 0.25) is 0 Å². The number of anilines is 2. The third kappa shape index (κ3) is 4.19. The summed E-state index contributed by atoms with van der Waals surface area (Å²) in [6.07, 6.45) is 8.61. The molecule has 8 nitrogen and oxygen atoms in total. The number of carbonyl (C=O) groups is 1. The fraction of sp³-hybridized carbons (Fsp3) is 0.348. The number of amides is 1. The molecule has 1 spiro atoms. The number of hydrogen-bond donors (Lipinski definition) is 1. The van der Waals surface area contributed by atoms with Gasteiger partial charge in [-0.2, -0.15) is 5.10 Å². The molecule has 5 rings (SSSR count). The van der Waals surface area contributed by atoms with Gasteiger partial charge >= 0.3 is 6.09 Å². The zero-order valence-electron chi connectivity index (χ0n) is 17.1. The van der Waals surface area contributed by atoms with Crippen LogP contribution in [0.4, 0.5) is 16.4 Å². The molecule has 1 amide bonds. The van der Waals surface area contributed by atoms with Crippen molar-refractivity contribution in [2.24, 2.45) is 5.92 Å². The molecule has 0 bridgehead atoms. The number of nitrogens with zero attached hydrogens (tertiary/aromatic N) is 5. The van der Waals surface area contributed by atoms with E-state index < -0.39 is 5.60 Å². The Morgan fingerprint density at radius 3 is 2.68 bits per heavy atom. The second-order valence-corrected chi connectivity index (χ2v) is 8.19. The third-order valence-corrected chi connectivity index (χ3v) is 6.12. The number of aromatic nitrogens is 4. The maximum Gasteiger partial charge on any atom is 0.416 e. The molecule has 1 saturated heterocycles. The zero-order valence-corrected chi connectivity index (χ0v) is 17.1. The van der Waals surface area contributed by atoms with Gasteiger partial charge in [-0.25, -0.2) is 9.78 Å². The van der Waals surface area contributed by atoms with Crippen LogP contribution in [0.2, 0.25) is 0 Å². The summed E-state index contributed by atoms with van der Waals surface area (Å²) < 4.78 is 5.80. The second-order valence-electron chi connectivity index (χ2n) is 8.19. The molecule has 0 unspecified atom stereocenters. The molecule has 158 valence electrons. The van der Waals surface area contributed by atoms with Gasteiger partial charge in [0.25, 0.3) is 0 Å². The molecule has 4 heterocycles. The van der Waals surface area contributed by atoms with E-state index in [2.05, 4.69) is 25.5 Å². The lowest BCUT2D eigenvalue weighted by atomic mass is 9.78. The first-order chi connectivity index (χ1) is 15.2. The van der Waals surface area contributed by atoms with Crippen molar-refractivity contribution in [3.63, 3.8) is 0 Å². The number of pyridine rings is 2. The molecule has 2 fully saturated rings. The van der Waals surface area contributed by atoms with Crippen molar-refractivity contribution in [2.75, 3.05) is 23.3 Å². The van der Waals surface area contributed by atoms with Gasteiger partial charge < -0.3 is 10.1 Å². The first-order valence-corrected chi connectivity index (χ1v) is 10.6. The molecule has 31 heavy (non-hydrogen) atoms. The minimum atomic E-state index is -0.409. The number of nitrogens with one attached hydrogen (secondary N) is 1. The first-order valence-electron chi connectivity index (χ1n) is 10.6. The molecule has 1 N–H and O–H groups in total. The van der Waals surface area contributed by atoms with Crippen LogP contribution in [0.3, 0.4) is 0 Å². The fourth-order valence-corrected chi connectivity index (χ4v) is 4.34. The normalized spacial score (nSPS) is 23.0. The fourth-order valence-electron chi connectivity index (χ4n) is 4.34. The Hall–Kier alpha value is -3.55. The van der Waals surface area contributed by atoms with Gasteiger partial charge in [-0.05, 0) is 68.0 Å². The molecule has 1 aliphatic carbocycles. The highest BCUT2D eigenvalue weighted by atomic mass is 16.6. The Kier molecular flexibility index (Phi) is 5.19. The van der Waals surface area contributed by atoms with Crippen LogP contribution in [0.25, 0.3) is 11.3 Å². The third-order valence-electron chi connectivity index (χ3n) is 6.12. The Balaban J connectivity index is 1.14. The standard InChI is InChI=1S/C23H24N6O2/c30-22-29(21-5-3-13-27-28-21)16-23(31-22)10-8-17(9-11-23)14-25-20-7-6-18(15-26-20)19-4-1-2-12-24-19/h1-7,12-13,15,17H,8-11,14,16H2,(H,25,26). The molecule has 3 aromatic heterocycles. The van der Waals surface area contributed by atoms with Gasteiger partial charge in [-0.1, -0.05) is 6.07 Å². The molecular weight excluding hydrogens is 392 g/mol. The zero-order chi connectivity index (χ0) is 21.1. The Morgan fingerprint density at radius 2 is 1.97 bits per heavy atom. The summed E-state index contributed by atoms with van der Waals surface area (Å²) in [4.78, 5) is 22.9. The molecule has 0 atom stereocenters. The maximum atomic E-state index is 12.4. The molecular formula is C23H24N6O2. The van der Waals surface area contributed by atoms with Gasteiger partial charge in [-0.15, -0.1) is 5.10 Å².